The molecule has 0 radical (unpaired) electrons. The summed E-state index contributed by atoms with van der Waals surface area (Å²) in [5, 5.41) is 4.45. The van der Waals surface area contributed by atoms with Crippen LogP contribution in [0, 0.1) is 0 Å². The van der Waals surface area contributed by atoms with E-state index in [9.17, 15) is 0 Å². The van der Waals surface area contributed by atoms with E-state index in [2.05, 4.69) is 33.7 Å². The van der Waals surface area contributed by atoms with Crippen LogP contribution in [0.15, 0.2) is 24.5 Å². The lowest BCUT2D eigenvalue weighted by atomic mass is 10.1. The van der Waals surface area contributed by atoms with Crippen molar-refractivity contribution < 1.29 is 0 Å². The second-order valence-electron chi connectivity index (χ2n) is 4.59. The molecule has 0 aliphatic heterocycles. The van der Waals surface area contributed by atoms with Crippen molar-refractivity contribution in [1.82, 2.24) is 14.3 Å². The summed E-state index contributed by atoms with van der Waals surface area (Å²) in [6, 6.07) is 3.90. The Kier molecular flexibility index (Phi) is 4.70. The molecule has 0 aliphatic carbocycles. The number of nitrogens with two attached hydrogens (primary N) is 1. The Bertz CT molecular complexity index is 509. The Balaban J connectivity index is 2.06. The highest BCUT2D eigenvalue weighted by Crippen LogP contribution is 2.36. The highest BCUT2D eigenvalue weighted by molar-refractivity contribution is 7.11. The fourth-order valence-electron chi connectivity index (χ4n) is 1.82. The lowest BCUT2D eigenvalue weighted by Gasteiger charge is -2.10. The Morgan fingerprint density at radius 3 is 2.74 bits per heavy atom. The van der Waals surface area contributed by atoms with Crippen LogP contribution in [0.5, 0.6) is 0 Å². The van der Waals surface area contributed by atoms with Gasteiger partial charge in [0, 0.05) is 18.9 Å². The second kappa shape index (κ2) is 6.49. The molecule has 2 aromatic heterocycles. The minimum Gasteiger partial charge on any atom is -0.382 e. The van der Waals surface area contributed by atoms with Gasteiger partial charge in [-0.25, -0.2) is 0 Å². The molecule has 0 aromatic carbocycles. The normalized spacial score (nSPS) is 10.9. The molecule has 0 saturated carbocycles. The van der Waals surface area contributed by atoms with Gasteiger partial charge in [-0.05, 0) is 56.3 Å². The predicted octanol–water partition coefficient (Wildman–Crippen LogP) is 2.15. The molecule has 0 spiro atoms. The van der Waals surface area contributed by atoms with Crippen molar-refractivity contribution in [3.8, 4) is 11.1 Å². The lowest BCUT2D eigenvalue weighted by molar-refractivity contribution is 0.405. The van der Waals surface area contributed by atoms with Gasteiger partial charge >= 0.3 is 0 Å². The first-order valence-electron chi connectivity index (χ1n) is 6.22. The Morgan fingerprint density at radius 1 is 1.32 bits per heavy atom. The molecule has 0 aliphatic rings. The molecule has 102 valence electrons. The number of nitrogen functional groups attached to an aromatic ring is 1. The van der Waals surface area contributed by atoms with Gasteiger partial charge < -0.3 is 16.0 Å². The van der Waals surface area contributed by atoms with Crippen molar-refractivity contribution in [2.45, 2.75) is 6.42 Å². The van der Waals surface area contributed by atoms with Crippen LogP contribution >= 0.6 is 11.5 Å². The monoisotopic (exact) mass is 277 g/mol. The zero-order valence-corrected chi connectivity index (χ0v) is 12.1. The summed E-state index contributed by atoms with van der Waals surface area (Å²) >= 11 is 1.41. The Morgan fingerprint density at radius 2 is 2.05 bits per heavy atom. The SMILES string of the molecule is CN(C)CCCNc1snc(N)c1-c1ccncc1. The van der Waals surface area contributed by atoms with Crippen LogP contribution in [0.4, 0.5) is 10.8 Å². The first kappa shape index (κ1) is 13.8. The van der Waals surface area contributed by atoms with Gasteiger partial charge in [-0.1, -0.05) is 0 Å². The molecule has 0 amide bonds. The number of hydrogen-bond donors (Lipinski definition) is 2. The van der Waals surface area contributed by atoms with Crippen LogP contribution in [0.3, 0.4) is 0 Å². The van der Waals surface area contributed by atoms with Crippen LogP contribution in [-0.4, -0.2) is 41.4 Å². The van der Waals surface area contributed by atoms with Gasteiger partial charge in [-0.15, -0.1) is 0 Å². The minimum absolute atomic E-state index is 0.575. The number of pyridine rings is 1. The maximum absolute atomic E-state index is 5.96. The van der Waals surface area contributed by atoms with Crippen LogP contribution in [-0.2, 0) is 0 Å². The molecule has 0 saturated heterocycles. The van der Waals surface area contributed by atoms with Crippen LogP contribution in [0.1, 0.15) is 6.42 Å². The van der Waals surface area contributed by atoms with Gasteiger partial charge in [0.2, 0.25) is 0 Å². The summed E-state index contributed by atoms with van der Waals surface area (Å²) in [6.07, 6.45) is 4.62. The van der Waals surface area contributed by atoms with Crippen LogP contribution in [0.25, 0.3) is 11.1 Å². The van der Waals surface area contributed by atoms with Crippen molar-refractivity contribution in [2.24, 2.45) is 0 Å². The summed E-state index contributed by atoms with van der Waals surface area (Å²) in [5.41, 5.74) is 7.99. The maximum Gasteiger partial charge on any atom is 0.147 e. The van der Waals surface area contributed by atoms with E-state index in [1.807, 2.05) is 12.1 Å². The molecule has 2 rings (SSSR count). The molecular weight excluding hydrogens is 258 g/mol. The molecule has 5 nitrogen and oxygen atoms in total. The van der Waals surface area contributed by atoms with Crippen molar-refractivity contribution in [1.29, 1.82) is 0 Å². The first-order valence-corrected chi connectivity index (χ1v) is 7.00. The van der Waals surface area contributed by atoms with Crippen molar-refractivity contribution in [2.75, 3.05) is 38.2 Å². The third-order valence-electron chi connectivity index (χ3n) is 2.76. The fourth-order valence-corrected chi connectivity index (χ4v) is 2.58. The molecule has 2 aromatic rings. The van der Waals surface area contributed by atoms with Gasteiger partial charge in [0.1, 0.15) is 10.8 Å². The Hall–Kier alpha value is -1.66. The standard InChI is InChI=1S/C13H19N5S/c1-18(2)9-3-6-16-13-11(12(14)17-19-13)10-4-7-15-8-5-10/h4-5,7-8,16H,3,6,9H2,1-2H3,(H2,14,17). The summed E-state index contributed by atoms with van der Waals surface area (Å²) in [7, 11) is 4.15. The highest BCUT2D eigenvalue weighted by atomic mass is 32.1. The highest BCUT2D eigenvalue weighted by Gasteiger charge is 2.12. The van der Waals surface area contributed by atoms with Crippen LogP contribution < -0.4 is 11.1 Å². The van der Waals surface area contributed by atoms with Gasteiger partial charge in [0.15, 0.2) is 0 Å². The zero-order chi connectivity index (χ0) is 13.7. The molecule has 2 heterocycles. The quantitative estimate of drug-likeness (QED) is 0.792. The lowest BCUT2D eigenvalue weighted by Crippen LogP contribution is -2.16. The maximum atomic E-state index is 5.96. The predicted molar refractivity (Wildman–Crippen MR) is 81.4 cm³/mol. The second-order valence-corrected chi connectivity index (χ2v) is 5.36. The van der Waals surface area contributed by atoms with E-state index >= 15 is 0 Å². The molecule has 19 heavy (non-hydrogen) atoms. The summed E-state index contributed by atoms with van der Waals surface area (Å²) in [6.45, 7) is 1.98. The van der Waals surface area contributed by atoms with Crippen molar-refractivity contribution >= 4 is 22.4 Å². The summed E-state index contributed by atoms with van der Waals surface area (Å²) in [4.78, 5) is 6.20. The third-order valence-corrected chi connectivity index (χ3v) is 3.57. The van der Waals surface area contributed by atoms with E-state index in [1.165, 1.54) is 11.5 Å². The fraction of sp³-hybridized carbons (Fsp3) is 0.385. The Labute approximate surface area is 117 Å². The molecule has 6 heteroatoms. The topological polar surface area (TPSA) is 67.1 Å². The zero-order valence-electron chi connectivity index (χ0n) is 11.3. The third kappa shape index (κ3) is 3.65. The van der Waals surface area contributed by atoms with Gasteiger partial charge in [-0.2, -0.15) is 4.37 Å². The molecule has 0 unspecified atom stereocenters. The summed E-state index contributed by atoms with van der Waals surface area (Å²) in [5.74, 6) is 0.575. The van der Waals surface area contributed by atoms with Crippen molar-refractivity contribution in [3.05, 3.63) is 24.5 Å². The van der Waals surface area contributed by atoms with E-state index in [4.69, 9.17) is 5.73 Å². The summed E-state index contributed by atoms with van der Waals surface area (Å²) < 4.78 is 4.23. The van der Waals surface area contributed by atoms with E-state index in [1.54, 1.807) is 12.4 Å². The molecule has 3 N–H and O–H groups in total. The molecule has 0 atom stereocenters. The van der Waals surface area contributed by atoms with Crippen molar-refractivity contribution in [3.63, 3.8) is 0 Å². The van der Waals surface area contributed by atoms with Gasteiger partial charge in [0.05, 0.1) is 5.56 Å². The van der Waals surface area contributed by atoms with Gasteiger partial charge in [-0.3, -0.25) is 4.98 Å². The number of hydrogen-bond acceptors (Lipinski definition) is 6. The van der Waals surface area contributed by atoms with E-state index < -0.39 is 0 Å². The minimum atomic E-state index is 0.575. The van der Waals surface area contributed by atoms with Crippen LogP contribution in [0.2, 0.25) is 0 Å². The molecule has 0 fully saturated rings. The number of nitrogens with one attached hydrogen (secondary N) is 1. The number of anilines is 2. The van der Waals surface area contributed by atoms with E-state index in [0.717, 1.165) is 35.6 Å². The van der Waals surface area contributed by atoms with E-state index in [-0.39, 0.29) is 0 Å². The van der Waals surface area contributed by atoms with E-state index in [0.29, 0.717) is 5.82 Å². The number of rotatable bonds is 6. The first-order chi connectivity index (χ1) is 9.18. The smallest absolute Gasteiger partial charge is 0.147 e. The molecular formula is C13H19N5S. The average Bonchev–Trinajstić information content (AvgIpc) is 2.77. The van der Waals surface area contributed by atoms with Gasteiger partial charge in [0.25, 0.3) is 0 Å². The largest absolute Gasteiger partial charge is 0.382 e. The average molecular weight is 277 g/mol. The molecule has 0 bridgehead atoms. The number of aromatic nitrogens is 2. The number of nitrogens with zero attached hydrogens (tertiary/aromatic N) is 3.